The van der Waals surface area contributed by atoms with Crippen LogP contribution in [0.4, 0.5) is 0 Å². The SMILES string of the molecule is C=CCOc1ccc(C(=O)NNC(=S)NC(=O)/C=C/c2cccs2)cc1. The van der Waals surface area contributed by atoms with Gasteiger partial charge in [0.1, 0.15) is 12.4 Å². The number of hydrogen-bond donors (Lipinski definition) is 3. The standard InChI is InChI=1S/C18H17N3O3S2/c1-2-11-24-14-7-5-13(6-8-14)17(23)20-21-18(25)19-16(22)10-9-15-4-3-12-26-15/h2-10,12H,1,11H2,(H,20,23)(H2,19,21,22,25)/b10-9+. The van der Waals surface area contributed by atoms with Crippen LogP contribution in [-0.2, 0) is 4.79 Å². The topological polar surface area (TPSA) is 79.5 Å². The summed E-state index contributed by atoms with van der Waals surface area (Å²) in [4.78, 5) is 24.7. The average Bonchev–Trinajstić information content (AvgIpc) is 3.17. The number of nitrogens with one attached hydrogen (secondary N) is 3. The Morgan fingerprint density at radius 1 is 1.19 bits per heavy atom. The van der Waals surface area contributed by atoms with Gasteiger partial charge in [-0.15, -0.1) is 11.3 Å². The number of benzene rings is 1. The molecule has 2 amide bonds. The van der Waals surface area contributed by atoms with Gasteiger partial charge >= 0.3 is 0 Å². The molecule has 2 aromatic rings. The molecule has 0 aliphatic carbocycles. The minimum atomic E-state index is -0.397. The fraction of sp³-hybridized carbons (Fsp3) is 0.0556. The summed E-state index contributed by atoms with van der Waals surface area (Å²) in [7, 11) is 0. The molecule has 2 rings (SSSR count). The number of amides is 2. The molecule has 0 saturated heterocycles. The number of ether oxygens (including phenoxy) is 1. The first-order chi connectivity index (χ1) is 12.6. The van der Waals surface area contributed by atoms with E-state index >= 15 is 0 Å². The monoisotopic (exact) mass is 387 g/mol. The van der Waals surface area contributed by atoms with Crippen LogP contribution in [0.3, 0.4) is 0 Å². The smallest absolute Gasteiger partial charge is 0.269 e. The van der Waals surface area contributed by atoms with Gasteiger partial charge in [-0.2, -0.15) is 0 Å². The number of thiophene rings is 1. The minimum Gasteiger partial charge on any atom is -0.490 e. The van der Waals surface area contributed by atoms with Crippen molar-refractivity contribution in [3.63, 3.8) is 0 Å². The zero-order valence-electron chi connectivity index (χ0n) is 13.7. The molecule has 0 radical (unpaired) electrons. The van der Waals surface area contributed by atoms with Crippen molar-refractivity contribution in [3.8, 4) is 5.75 Å². The van der Waals surface area contributed by atoms with Crippen LogP contribution in [0.1, 0.15) is 15.2 Å². The summed E-state index contributed by atoms with van der Waals surface area (Å²) in [5.41, 5.74) is 5.30. The van der Waals surface area contributed by atoms with E-state index in [9.17, 15) is 9.59 Å². The molecule has 3 N–H and O–H groups in total. The molecule has 0 saturated carbocycles. The Morgan fingerprint density at radius 2 is 1.96 bits per heavy atom. The lowest BCUT2D eigenvalue weighted by atomic mass is 10.2. The molecule has 0 atom stereocenters. The van der Waals surface area contributed by atoms with Gasteiger partial charge in [0.25, 0.3) is 5.91 Å². The minimum absolute atomic E-state index is 0.00915. The van der Waals surface area contributed by atoms with Gasteiger partial charge in [-0.05, 0) is 54.0 Å². The number of hydrogen-bond acceptors (Lipinski definition) is 5. The average molecular weight is 387 g/mol. The molecule has 0 unspecified atom stereocenters. The maximum Gasteiger partial charge on any atom is 0.269 e. The zero-order chi connectivity index (χ0) is 18.8. The van der Waals surface area contributed by atoms with Gasteiger partial charge in [-0.1, -0.05) is 18.7 Å². The molecule has 134 valence electrons. The third-order valence-electron chi connectivity index (χ3n) is 2.95. The molecule has 1 aromatic heterocycles. The molecule has 1 aromatic carbocycles. The van der Waals surface area contributed by atoms with Gasteiger partial charge in [0.05, 0.1) is 0 Å². The summed E-state index contributed by atoms with van der Waals surface area (Å²) in [6, 6.07) is 10.4. The van der Waals surface area contributed by atoms with Crippen molar-refractivity contribution in [2.75, 3.05) is 6.61 Å². The number of thiocarbonyl (C=S) groups is 1. The molecule has 0 aliphatic rings. The molecular formula is C18H17N3O3S2. The van der Waals surface area contributed by atoms with Gasteiger partial charge < -0.3 is 4.74 Å². The van der Waals surface area contributed by atoms with Gasteiger partial charge in [-0.3, -0.25) is 25.8 Å². The normalized spacial score (nSPS) is 10.2. The number of carbonyl (C=O) groups is 2. The second-order valence-electron chi connectivity index (χ2n) is 4.87. The highest BCUT2D eigenvalue weighted by molar-refractivity contribution is 7.80. The largest absolute Gasteiger partial charge is 0.490 e. The highest BCUT2D eigenvalue weighted by Gasteiger charge is 2.07. The Labute approximate surface area is 160 Å². The summed E-state index contributed by atoms with van der Waals surface area (Å²) >= 11 is 6.48. The number of rotatable bonds is 6. The van der Waals surface area contributed by atoms with Crippen molar-refractivity contribution >= 4 is 46.6 Å². The van der Waals surface area contributed by atoms with Crippen LogP contribution in [-0.4, -0.2) is 23.5 Å². The third-order valence-corrected chi connectivity index (χ3v) is 3.99. The van der Waals surface area contributed by atoms with Gasteiger partial charge in [0, 0.05) is 16.5 Å². The summed E-state index contributed by atoms with van der Waals surface area (Å²) < 4.78 is 5.34. The lowest BCUT2D eigenvalue weighted by Gasteiger charge is -2.10. The van der Waals surface area contributed by atoms with Crippen LogP contribution < -0.4 is 20.9 Å². The first kappa shape index (κ1) is 19.4. The van der Waals surface area contributed by atoms with E-state index in [1.54, 1.807) is 36.4 Å². The maximum atomic E-state index is 12.0. The lowest BCUT2D eigenvalue weighted by molar-refractivity contribution is -0.115. The molecule has 0 bridgehead atoms. The Hall–Kier alpha value is -2.97. The molecule has 0 aliphatic heterocycles. The van der Waals surface area contributed by atoms with Crippen LogP contribution in [0.5, 0.6) is 5.75 Å². The van der Waals surface area contributed by atoms with E-state index in [1.165, 1.54) is 17.4 Å². The Bertz CT molecular complexity index is 800. The van der Waals surface area contributed by atoms with Gasteiger partial charge in [0.2, 0.25) is 5.91 Å². The number of carbonyl (C=O) groups excluding carboxylic acids is 2. The fourth-order valence-electron chi connectivity index (χ4n) is 1.77. The highest BCUT2D eigenvalue weighted by Crippen LogP contribution is 2.12. The Kier molecular flexibility index (Phi) is 7.53. The van der Waals surface area contributed by atoms with E-state index in [4.69, 9.17) is 17.0 Å². The molecule has 1 heterocycles. The van der Waals surface area contributed by atoms with Crippen LogP contribution in [0.25, 0.3) is 6.08 Å². The second-order valence-corrected chi connectivity index (χ2v) is 6.26. The van der Waals surface area contributed by atoms with Crippen LogP contribution >= 0.6 is 23.6 Å². The lowest BCUT2D eigenvalue weighted by Crippen LogP contribution is -2.48. The molecular weight excluding hydrogens is 370 g/mol. The fourth-order valence-corrected chi connectivity index (χ4v) is 2.54. The predicted octanol–water partition coefficient (Wildman–Crippen LogP) is 2.66. The first-order valence-corrected chi connectivity index (χ1v) is 8.84. The summed E-state index contributed by atoms with van der Waals surface area (Å²) in [5, 5.41) is 4.34. The van der Waals surface area contributed by atoms with Crippen LogP contribution in [0, 0.1) is 0 Å². The molecule has 0 spiro atoms. The summed E-state index contributed by atoms with van der Waals surface area (Å²) in [5.74, 6) is -0.158. The molecule has 8 heteroatoms. The third kappa shape index (κ3) is 6.50. The van der Waals surface area contributed by atoms with Crippen molar-refractivity contribution in [1.82, 2.24) is 16.2 Å². The molecule has 26 heavy (non-hydrogen) atoms. The quantitative estimate of drug-likeness (QED) is 0.307. The van der Waals surface area contributed by atoms with Gasteiger partial charge in [0.15, 0.2) is 5.11 Å². The van der Waals surface area contributed by atoms with E-state index in [0.717, 1.165) is 4.88 Å². The highest BCUT2D eigenvalue weighted by atomic mass is 32.1. The van der Waals surface area contributed by atoms with Crippen molar-refractivity contribution < 1.29 is 14.3 Å². The first-order valence-electron chi connectivity index (χ1n) is 7.55. The Balaban J connectivity index is 1.76. The zero-order valence-corrected chi connectivity index (χ0v) is 15.4. The second kappa shape index (κ2) is 10.1. The summed E-state index contributed by atoms with van der Waals surface area (Å²) in [6.07, 6.45) is 4.68. The van der Waals surface area contributed by atoms with Gasteiger partial charge in [-0.25, -0.2) is 0 Å². The maximum absolute atomic E-state index is 12.0. The van der Waals surface area contributed by atoms with Crippen molar-refractivity contribution in [2.45, 2.75) is 0 Å². The van der Waals surface area contributed by atoms with E-state index in [1.807, 2.05) is 17.5 Å². The van der Waals surface area contributed by atoms with Crippen molar-refractivity contribution in [3.05, 3.63) is 70.9 Å². The molecule has 6 nitrogen and oxygen atoms in total. The van der Waals surface area contributed by atoms with Crippen LogP contribution in [0.2, 0.25) is 0 Å². The van der Waals surface area contributed by atoms with Crippen molar-refractivity contribution in [2.24, 2.45) is 0 Å². The number of hydrazine groups is 1. The van der Waals surface area contributed by atoms with E-state index in [-0.39, 0.29) is 5.11 Å². The molecule has 0 fully saturated rings. The van der Waals surface area contributed by atoms with Crippen molar-refractivity contribution in [1.29, 1.82) is 0 Å². The van der Waals surface area contributed by atoms with E-state index < -0.39 is 11.8 Å². The Morgan fingerprint density at radius 3 is 2.62 bits per heavy atom. The summed E-state index contributed by atoms with van der Waals surface area (Å²) in [6.45, 7) is 3.95. The van der Waals surface area contributed by atoms with E-state index in [0.29, 0.717) is 17.9 Å². The predicted molar refractivity (Wildman–Crippen MR) is 107 cm³/mol. The van der Waals surface area contributed by atoms with E-state index in [2.05, 4.69) is 22.7 Å². The van der Waals surface area contributed by atoms with Crippen LogP contribution in [0.15, 0.2) is 60.5 Å².